The molecule has 1 N–H and O–H groups in total. The number of halogens is 2. The molecule has 2 amide bonds. The highest BCUT2D eigenvalue weighted by Gasteiger charge is 2.39. The summed E-state index contributed by atoms with van der Waals surface area (Å²) in [6.07, 6.45) is 1.51. The molecule has 1 heterocycles. The second-order valence-corrected chi connectivity index (χ2v) is 7.10. The van der Waals surface area contributed by atoms with Crippen molar-refractivity contribution in [1.82, 2.24) is 4.90 Å². The number of nitrogens with zero attached hydrogens (tertiary/aromatic N) is 1. The molecule has 138 valence electrons. The molecule has 0 bridgehead atoms. The van der Waals surface area contributed by atoms with Crippen LogP contribution in [0.1, 0.15) is 16.7 Å². The SMILES string of the molecule is C=CCN1C(=O)C(Nc2cccc(C)c2C)=C(c2ccc(Cl)cc2Cl)C1=O. The molecule has 6 heteroatoms. The van der Waals surface area contributed by atoms with E-state index in [0.717, 1.165) is 21.7 Å². The zero-order chi connectivity index (χ0) is 19.7. The Kier molecular flexibility index (Phi) is 5.40. The Balaban J connectivity index is 2.17. The lowest BCUT2D eigenvalue weighted by Crippen LogP contribution is -2.32. The lowest BCUT2D eigenvalue weighted by atomic mass is 10.0. The van der Waals surface area contributed by atoms with E-state index in [1.807, 2.05) is 32.0 Å². The van der Waals surface area contributed by atoms with Crippen LogP contribution in [0.5, 0.6) is 0 Å². The number of benzene rings is 2. The minimum Gasteiger partial charge on any atom is -0.350 e. The van der Waals surface area contributed by atoms with Gasteiger partial charge in [-0.05, 0) is 43.2 Å². The second kappa shape index (κ2) is 7.59. The Morgan fingerprint density at radius 3 is 2.52 bits per heavy atom. The van der Waals surface area contributed by atoms with Gasteiger partial charge in [0, 0.05) is 22.8 Å². The van der Waals surface area contributed by atoms with Gasteiger partial charge in [0.25, 0.3) is 11.8 Å². The molecule has 1 aliphatic rings. The van der Waals surface area contributed by atoms with Crippen LogP contribution >= 0.6 is 23.2 Å². The summed E-state index contributed by atoms with van der Waals surface area (Å²) in [5, 5.41) is 3.91. The molecular formula is C21H18Cl2N2O2. The molecule has 3 rings (SSSR count). The number of rotatable bonds is 5. The fraction of sp³-hybridized carbons (Fsp3) is 0.143. The number of hydrogen-bond acceptors (Lipinski definition) is 3. The summed E-state index contributed by atoms with van der Waals surface area (Å²) in [4.78, 5) is 27.0. The van der Waals surface area contributed by atoms with Gasteiger partial charge in [-0.25, -0.2) is 0 Å². The summed E-state index contributed by atoms with van der Waals surface area (Å²) in [6, 6.07) is 10.6. The Bertz CT molecular complexity index is 996. The highest BCUT2D eigenvalue weighted by molar-refractivity contribution is 6.41. The largest absolute Gasteiger partial charge is 0.350 e. The zero-order valence-electron chi connectivity index (χ0n) is 15.0. The zero-order valence-corrected chi connectivity index (χ0v) is 16.5. The van der Waals surface area contributed by atoms with E-state index in [2.05, 4.69) is 11.9 Å². The van der Waals surface area contributed by atoms with Crippen LogP contribution in [0.3, 0.4) is 0 Å². The minimum atomic E-state index is -0.420. The third-order valence-corrected chi connectivity index (χ3v) is 5.09. The van der Waals surface area contributed by atoms with Gasteiger partial charge in [-0.3, -0.25) is 14.5 Å². The first-order chi connectivity index (χ1) is 12.8. The van der Waals surface area contributed by atoms with Gasteiger partial charge < -0.3 is 5.32 Å². The van der Waals surface area contributed by atoms with E-state index in [0.29, 0.717) is 15.6 Å². The predicted molar refractivity (Wildman–Crippen MR) is 110 cm³/mol. The van der Waals surface area contributed by atoms with Gasteiger partial charge in [0.1, 0.15) is 5.70 Å². The Hall–Kier alpha value is -2.56. The maximum Gasteiger partial charge on any atom is 0.278 e. The van der Waals surface area contributed by atoms with Crippen molar-refractivity contribution in [1.29, 1.82) is 0 Å². The van der Waals surface area contributed by atoms with E-state index >= 15 is 0 Å². The van der Waals surface area contributed by atoms with Crippen molar-refractivity contribution in [2.24, 2.45) is 0 Å². The number of anilines is 1. The monoisotopic (exact) mass is 400 g/mol. The van der Waals surface area contributed by atoms with E-state index in [9.17, 15) is 9.59 Å². The first-order valence-corrected chi connectivity index (χ1v) is 9.10. The Morgan fingerprint density at radius 2 is 1.85 bits per heavy atom. The van der Waals surface area contributed by atoms with Gasteiger partial charge in [0.05, 0.1) is 10.6 Å². The molecule has 2 aromatic carbocycles. The van der Waals surface area contributed by atoms with Crippen LogP contribution in [0.25, 0.3) is 5.57 Å². The fourth-order valence-electron chi connectivity index (χ4n) is 2.95. The number of imide groups is 1. The maximum absolute atomic E-state index is 13.0. The first-order valence-electron chi connectivity index (χ1n) is 8.35. The summed E-state index contributed by atoms with van der Waals surface area (Å²) in [5.41, 5.74) is 3.71. The Labute approximate surface area is 168 Å². The molecule has 0 saturated carbocycles. The number of carbonyl (C=O) groups is 2. The van der Waals surface area contributed by atoms with Gasteiger partial charge in [-0.1, -0.05) is 47.5 Å². The number of nitrogens with one attached hydrogen (secondary N) is 1. The van der Waals surface area contributed by atoms with Crippen molar-refractivity contribution in [2.75, 3.05) is 11.9 Å². The lowest BCUT2D eigenvalue weighted by Gasteiger charge is -2.14. The molecule has 0 unspecified atom stereocenters. The maximum atomic E-state index is 13.0. The van der Waals surface area contributed by atoms with E-state index in [1.54, 1.807) is 18.2 Å². The van der Waals surface area contributed by atoms with Crippen LogP contribution in [-0.4, -0.2) is 23.3 Å². The van der Waals surface area contributed by atoms with Crippen LogP contribution in [0.4, 0.5) is 5.69 Å². The lowest BCUT2D eigenvalue weighted by molar-refractivity contribution is -0.136. The predicted octanol–water partition coefficient (Wildman–Crippen LogP) is 4.99. The summed E-state index contributed by atoms with van der Waals surface area (Å²) >= 11 is 12.3. The van der Waals surface area contributed by atoms with Crippen molar-refractivity contribution < 1.29 is 9.59 Å². The van der Waals surface area contributed by atoms with Crippen molar-refractivity contribution in [2.45, 2.75) is 13.8 Å². The molecule has 0 fully saturated rings. The number of aryl methyl sites for hydroxylation is 1. The molecule has 0 aromatic heterocycles. The quantitative estimate of drug-likeness (QED) is 0.568. The van der Waals surface area contributed by atoms with E-state index in [-0.39, 0.29) is 17.8 Å². The molecule has 0 atom stereocenters. The van der Waals surface area contributed by atoms with Crippen LogP contribution in [0.15, 0.2) is 54.8 Å². The summed E-state index contributed by atoms with van der Waals surface area (Å²) in [5.74, 6) is -0.834. The van der Waals surface area contributed by atoms with Gasteiger partial charge in [0.15, 0.2) is 0 Å². The van der Waals surface area contributed by atoms with Crippen molar-refractivity contribution in [3.63, 3.8) is 0 Å². The summed E-state index contributed by atoms with van der Waals surface area (Å²) < 4.78 is 0. The molecule has 1 aliphatic heterocycles. The normalized spacial score (nSPS) is 14.1. The fourth-order valence-corrected chi connectivity index (χ4v) is 3.45. The number of amides is 2. The molecule has 0 saturated heterocycles. The van der Waals surface area contributed by atoms with Crippen molar-refractivity contribution >= 4 is 46.3 Å². The number of carbonyl (C=O) groups excluding carboxylic acids is 2. The van der Waals surface area contributed by atoms with Gasteiger partial charge in [0.2, 0.25) is 0 Å². The second-order valence-electron chi connectivity index (χ2n) is 6.26. The third kappa shape index (κ3) is 3.51. The third-order valence-electron chi connectivity index (χ3n) is 4.54. The molecule has 2 aromatic rings. The topological polar surface area (TPSA) is 49.4 Å². The van der Waals surface area contributed by atoms with E-state index in [4.69, 9.17) is 23.2 Å². The van der Waals surface area contributed by atoms with Crippen molar-refractivity contribution in [3.05, 3.63) is 81.5 Å². The van der Waals surface area contributed by atoms with Gasteiger partial charge in [-0.15, -0.1) is 6.58 Å². The summed E-state index contributed by atoms with van der Waals surface area (Å²) in [7, 11) is 0. The first kappa shape index (κ1) is 19.2. The van der Waals surface area contributed by atoms with E-state index < -0.39 is 11.8 Å². The Morgan fingerprint density at radius 1 is 1.11 bits per heavy atom. The minimum absolute atomic E-state index is 0.115. The average molecular weight is 401 g/mol. The van der Waals surface area contributed by atoms with Crippen LogP contribution in [0.2, 0.25) is 10.0 Å². The van der Waals surface area contributed by atoms with Crippen LogP contribution in [0, 0.1) is 13.8 Å². The van der Waals surface area contributed by atoms with Gasteiger partial charge >= 0.3 is 0 Å². The molecule has 27 heavy (non-hydrogen) atoms. The number of hydrogen-bond donors (Lipinski definition) is 1. The standard InChI is InChI=1S/C21H18Cl2N2O2/c1-4-10-25-20(26)18(15-9-8-14(22)11-16(15)23)19(21(25)27)24-17-7-5-6-12(2)13(17)3/h4-9,11,24H,1,10H2,2-3H3. The highest BCUT2D eigenvalue weighted by atomic mass is 35.5. The summed E-state index contributed by atoms with van der Waals surface area (Å²) in [6.45, 7) is 7.68. The van der Waals surface area contributed by atoms with Gasteiger partial charge in [-0.2, -0.15) is 0 Å². The van der Waals surface area contributed by atoms with E-state index in [1.165, 1.54) is 6.08 Å². The van der Waals surface area contributed by atoms with Crippen LogP contribution in [-0.2, 0) is 9.59 Å². The highest BCUT2D eigenvalue weighted by Crippen LogP contribution is 2.35. The van der Waals surface area contributed by atoms with Crippen LogP contribution < -0.4 is 5.32 Å². The molecule has 0 spiro atoms. The molecule has 0 aliphatic carbocycles. The molecule has 4 nitrogen and oxygen atoms in total. The average Bonchev–Trinajstić information content (AvgIpc) is 2.84. The smallest absolute Gasteiger partial charge is 0.278 e. The molecular weight excluding hydrogens is 383 g/mol. The molecule has 0 radical (unpaired) electrons. The van der Waals surface area contributed by atoms with Crippen molar-refractivity contribution in [3.8, 4) is 0 Å².